The van der Waals surface area contributed by atoms with Gasteiger partial charge in [0.1, 0.15) is 6.04 Å². The summed E-state index contributed by atoms with van der Waals surface area (Å²) >= 11 is 0. The van der Waals surface area contributed by atoms with Gasteiger partial charge in [-0.25, -0.2) is 4.79 Å². The van der Waals surface area contributed by atoms with Gasteiger partial charge in [-0.15, -0.1) is 0 Å². The van der Waals surface area contributed by atoms with Crippen molar-refractivity contribution in [1.29, 1.82) is 5.26 Å². The summed E-state index contributed by atoms with van der Waals surface area (Å²) in [5, 5.41) is 20.2. The maximum Gasteiger partial charge on any atom is 0.326 e. The molecule has 0 aliphatic heterocycles. The van der Waals surface area contributed by atoms with Gasteiger partial charge in [-0.1, -0.05) is 31.2 Å². The number of aliphatic carboxylic acids is 1. The first kappa shape index (κ1) is 13.9. The van der Waals surface area contributed by atoms with Crippen LogP contribution in [0.2, 0.25) is 0 Å². The van der Waals surface area contributed by atoms with Crippen molar-refractivity contribution in [2.75, 3.05) is 11.9 Å². The maximum atomic E-state index is 11.3. The van der Waals surface area contributed by atoms with Gasteiger partial charge in [0.05, 0.1) is 11.6 Å². The van der Waals surface area contributed by atoms with Gasteiger partial charge in [0.15, 0.2) is 0 Å². The van der Waals surface area contributed by atoms with E-state index in [2.05, 4.69) is 6.07 Å². The summed E-state index contributed by atoms with van der Waals surface area (Å²) in [5.74, 6) is -0.844. The van der Waals surface area contributed by atoms with Crippen molar-refractivity contribution < 1.29 is 9.90 Å². The van der Waals surface area contributed by atoms with Crippen molar-refractivity contribution in [3.05, 3.63) is 42.0 Å². The number of benzene rings is 2. The molecule has 0 bridgehead atoms. The molecule has 2 aromatic rings. The Kier molecular flexibility index (Phi) is 3.90. The highest BCUT2D eigenvalue weighted by Gasteiger charge is 2.22. The molecule has 20 heavy (non-hydrogen) atoms. The Labute approximate surface area is 117 Å². The van der Waals surface area contributed by atoms with Crippen LogP contribution in [0.4, 0.5) is 5.69 Å². The van der Waals surface area contributed by atoms with Crippen LogP contribution < -0.4 is 4.90 Å². The van der Waals surface area contributed by atoms with E-state index in [1.807, 2.05) is 37.3 Å². The summed E-state index contributed by atoms with van der Waals surface area (Å²) in [4.78, 5) is 13.1. The van der Waals surface area contributed by atoms with E-state index in [-0.39, 0.29) is 0 Å². The molecule has 4 heteroatoms. The van der Waals surface area contributed by atoms with Crippen LogP contribution in [-0.2, 0) is 4.79 Å². The van der Waals surface area contributed by atoms with Gasteiger partial charge >= 0.3 is 5.97 Å². The zero-order valence-electron chi connectivity index (χ0n) is 11.5. The van der Waals surface area contributed by atoms with Gasteiger partial charge in [-0.2, -0.15) is 5.26 Å². The van der Waals surface area contributed by atoms with E-state index in [9.17, 15) is 9.90 Å². The summed E-state index contributed by atoms with van der Waals surface area (Å²) < 4.78 is 0. The molecule has 0 aliphatic carbocycles. The number of anilines is 1. The molecule has 0 aromatic heterocycles. The van der Waals surface area contributed by atoms with Gasteiger partial charge in [0.25, 0.3) is 0 Å². The van der Waals surface area contributed by atoms with E-state index >= 15 is 0 Å². The number of carboxylic acid groups (broad SMARTS) is 1. The number of likely N-dealkylation sites (N-methyl/N-ethyl adjacent to an activating group) is 1. The summed E-state index contributed by atoms with van der Waals surface area (Å²) in [7, 11) is 1.77. The Balaban J connectivity index is 2.61. The molecular weight excluding hydrogens is 252 g/mol. The van der Waals surface area contributed by atoms with Crippen molar-refractivity contribution in [2.24, 2.45) is 0 Å². The van der Waals surface area contributed by atoms with Gasteiger partial charge in [-0.05, 0) is 18.6 Å². The summed E-state index contributed by atoms with van der Waals surface area (Å²) in [6.07, 6.45) is 0.514. The van der Waals surface area contributed by atoms with E-state index in [4.69, 9.17) is 5.26 Å². The van der Waals surface area contributed by atoms with Crippen molar-refractivity contribution in [2.45, 2.75) is 19.4 Å². The molecule has 0 amide bonds. The quantitative estimate of drug-likeness (QED) is 0.925. The summed E-state index contributed by atoms with van der Waals surface area (Å²) in [5.41, 5.74) is 1.43. The number of nitrogens with zero attached hydrogens (tertiary/aromatic N) is 2. The minimum absolute atomic E-state index is 0.514. The summed E-state index contributed by atoms with van der Waals surface area (Å²) in [6, 6.07) is 12.7. The third kappa shape index (κ3) is 2.30. The number of rotatable bonds is 4. The zero-order chi connectivity index (χ0) is 14.7. The van der Waals surface area contributed by atoms with E-state index in [1.54, 1.807) is 18.0 Å². The average molecular weight is 268 g/mol. The Morgan fingerprint density at radius 3 is 2.50 bits per heavy atom. The molecule has 0 radical (unpaired) electrons. The maximum absolute atomic E-state index is 11.3. The lowest BCUT2D eigenvalue weighted by molar-refractivity contribution is -0.138. The zero-order valence-corrected chi connectivity index (χ0v) is 11.5. The van der Waals surface area contributed by atoms with Crippen molar-refractivity contribution in [1.82, 2.24) is 0 Å². The molecule has 1 unspecified atom stereocenters. The highest BCUT2D eigenvalue weighted by molar-refractivity contribution is 5.98. The van der Waals surface area contributed by atoms with Crippen LogP contribution >= 0.6 is 0 Å². The van der Waals surface area contributed by atoms with E-state index in [0.29, 0.717) is 12.0 Å². The SMILES string of the molecule is CCC(C(=O)O)N(C)c1ccc(C#N)c2ccccc12. The fourth-order valence-electron chi connectivity index (χ4n) is 2.47. The first-order valence-electron chi connectivity index (χ1n) is 6.47. The largest absolute Gasteiger partial charge is 0.480 e. The fraction of sp³-hybridized carbons (Fsp3) is 0.250. The third-order valence-corrected chi connectivity index (χ3v) is 3.54. The topological polar surface area (TPSA) is 64.3 Å². The molecule has 102 valence electrons. The highest BCUT2D eigenvalue weighted by atomic mass is 16.4. The molecule has 4 nitrogen and oxygen atoms in total. The molecule has 1 atom stereocenters. The lowest BCUT2D eigenvalue weighted by Crippen LogP contribution is -2.38. The third-order valence-electron chi connectivity index (χ3n) is 3.54. The lowest BCUT2D eigenvalue weighted by atomic mass is 10.0. The van der Waals surface area contributed by atoms with Gasteiger partial charge in [-0.3, -0.25) is 0 Å². The molecule has 0 heterocycles. The Morgan fingerprint density at radius 2 is 1.95 bits per heavy atom. The van der Waals surface area contributed by atoms with Crippen molar-refractivity contribution >= 4 is 22.4 Å². The molecule has 0 aliphatic rings. The molecule has 2 rings (SSSR count). The number of fused-ring (bicyclic) bond motifs is 1. The number of hydrogen-bond donors (Lipinski definition) is 1. The number of carboxylic acids is 1. The second kappa shape index (κ2) is 5.62. The fourth-order valence-corrected chi connectivity index (χ4v) is 2.47. The monoisotopic (exact) mass is 268 g/mol. The van der Waals surface area contributed by atoms with Crippen LogP contribution in [0.1, 0.15) is 18.9 Å². The lowest BCUT2D eigenvalue weighted by Gasteiger charge is -2.27. The second-order valence-corrected chi connectivity index (χ2v) is 4.66. The van der Waals surface area contributed by atoms with Crippen LogP contribution in [0.15, 0.2) is 36.4 Å². The van der Waals surface area contributed by atoms with Crippen molar-refractivity contribution in [3.8, 4) is 6.07 Å². The Bertz CT molecular complexity index is 688. The predicted octanol–water partition coefficient (Wildman–Crippen LogP) is 3.01. The molecule has 0 saturated heterocycles. The number of carbonyl (C=O) groups is 1. The number of nitriles is 1. The molecule has 1 N–H and O–H groups in total. The molecule has 2 aromatic carbocycles. The summed E-state index contributed by atoms with van der Waals surface area (Å²) in [6.45, 7) is 1.85. The van der Waals surface area contributed by atoms with Crippen LogP contribution in [0.25, 0.3) is 10.8 Å². The van der Waals surface area contributed by atoms with Gasteiger partial charge < -0.3 is 10.0 Å². The minimum Gasteiger partial charge on any atom is -0.480 e. The number of hydrogen-bond acceptors (Lipinski definition) is 3. The average Bonchev–Trinajstić information content (AvgIpc) is 2.46. The standard InChI is InChI=1S/C16H16N2O2/c1-3-14(16(19)20)18(2)15-9-8-11(10-17)12-6-4-5-7-13(12)15/h4-9,14H,3H2,1-2H3,(H,19,20). The van der Waals surface area contributed by atoms with Crippen LogP contribution in [-0.4, -0.2) is 24.2 Å². The Hall–Kier alpha value is -2.54. The van der Waals surface area contributed by atoms with Gasteiger partial charge in [0.2, 0.25) is 0 Å². The smallest absolute Gasteiger partial charge is 0.326 e. The molecule has 0 fully saturated rings. The van der Waals surface area contributed by atoms with Crippen LogP contribution in [0, 0.1) is 11.3 Å². The predicted molar refractivity (Wildman–Crippen MR) is 78.8 cm³/mol. The first-order chi connectivity index (χ1) is 9.60. The minimum atomic E-state index is -0.844. The first-order valence-corrected chi connectivity index (χ1v) is 6.47. The van der Waals surface area contributed by atoms with Crippen LogP contribution in [0.3, 0.4) is 0 Å². The van der Waals surface area contributed by atoms with Gasteiger partial charge in [0, 0.05) is 23.5 Å². The molecular formula is C16H16N2O2. The molecule has 0 spiro atoms. The van der Waals surface area contributed by atoms with E-state index < -0.39 is 12.0 Å². The Morgan fingerprint density at radius 1 is 1.30 bits per heavy atom. The molecule has 0 saturated carbocycles. The second-order valence-electron chi connectivity index (χ2n) is 4.66. The van der Waals surface area contributed by atoms with E-state index in [0.717, 1.165) is 16.5 Å². The van der Waals surface area contributed by atoms with E-state index in [1.165, 1.54) is 0 Å². The highest BCUT2D eigenvalue weighted by Crippen LogP contribution is 2.30. The van der Waals surface area contributed by atoms with Crippen molar-refractivity contribution in [3.63, 3.8) is 0 Å². The van der Waals surface area contributed by atoms with Crippen LogP contribution in [0.5, 0.6) is 0 Å². The normalized spacial score (nSPS) is 11.8.